The number of aromatic nitrogens is 1. The van der Waals surface area contributed by atoms with E-state index >= 15 is 0 Å². The average Bonchev–Trinajstić information content (AvgIpc) is 2.99. The largest absolute Gasteiger partial charge is 0.455 e. The van der Waals surface area contributed by atoms with Gasteiger partial charge in [0.05, 0.1) is 15.5 Å². The third-order valence-corrected chi connectivity index (χ3v) is 5.90. The summed E-state index contributed by atoms with van der Waals surface area (Å²) in [6, 6.07) is 5.60. The molecule has 0 N–H and O–H groups in total. The average molecular weight is 387 g/mol. The zero-order chi connectivity index (χ0) is 18.6. The van der Waals surface area contributed by atoms with Gasteiger partial charge in [-0.3, -0.25) is 0 Å². The lowest BCUT2D eigenvalue weighted by Gasteiger charge is -2.19. The molecule has 2 aromatic rings. The van der Waals surface area contributed by atoms with Crippen LogP contribution in [0.5, 0.6) is 0 Å². The van der Waals surface area contributed by atoms with E-state index in [1.807, 2.05) is 0 Å². The Morgan fingerprint density at radius 1 is 1.28 bits per heavy atom. The van der Waals surface area contributed by atoms with Crippen molar-refractivity contribution in [3.63, 3.8) is 0 Å². The van der Waals surface area contributed by atoms with Crippen LogP contribution < -0.4 is 0 Å². The maximum absolute atomic E-state index is 12.6. The van der Waals surface area contributed by atoms with Crippen LogP contribution in [0.2, 0.25) is 5.02 Å². The Balaban J connectivity index is 2.24. The van der Waals surface area contributed by atoms with Crippen LogP contribution in [0.4, 0.5) is 0 Å². The monoisotopic (exact) mass is 386 g/mol. The second-order valence-electron chi connectivity index (χ2n) is 5.24. The smallest absolute Gasteiger partial charge is 0.340 e. The second-order valence-corrected chi connectivity index (χ2v) is 7.58. The lowest BCUT2D eigenvalue weighted by Crippen LogP contribution is -2.30. The number of sulfonamides is 1. The number of hydrogen-bond donors (Lipinski definition) is 0. The van der Waals surface area contributed by atoms with Gasteiger partial charge in [-0.1, -0.05) is 30.6 Å². The van der Waals surface area contributed by atoms with Crippen molar-refractivity contribution in [2.24, 2.45) is 0 Å². The molecule has 0 amide bonds. The number of rotatable bonds is 7. The standard InChI is InChI=1S/C16H19ClN2O5S/c1-4-19(5-2)25(21,22)13-6-7-15(17)14(9-13)16(20)23-10-12-8-11(3)24-18-12/h6-9H,4-5,10H2,1-3H3. The van der Waals surface area contributed by atoms with Crippen molar-refractivity contribution < 1.29 is 22.5 Å². The van der Waals surface area contributed by atoms with Crippen LogP contribution in [-0.2, 0) is 21.4 Å². The van der Waals surface area contributed by atoms with Gasteiger partial charge < -0.3 is 9.26 Å². The van der Waals surface area contributed by atoms with Gasteiger partial charge in [-0.25, -0.2) is 13.2 Å². The van der Waals surface area contributed by atoms with E-state index in [0.29, 0.717) is 24.5 Å². The molecule has 136 valence electrons. The Morgan fingerprint density at radius 3 is 2.52 bits per heavy atom. The zero-order valence-corrected chi connectivity index (χ0v) is 15.7. The van der Waals surface area contributed by atoms with Crippen LogP contribution in [0.25, 0.3) is 0 Å². The summed E-state index contributed by atoms with van der Waals surface area (Å²) in [5.41, 5.74) is 0.434. The molecule has 0 fully saturated rings. The molecule has 0 saturated carbocycles. The lowest BCUT2D eigenvalue weighted by molar-refractivity contribution is 0.0464. The minimum absolute atomic E-state index is 0.00942. The molecule has 0 radical (unpaired) electrons. The number of halogens is 1. The Kier molecular flexibility index (Phi) is 6.21. The highest BCUT2D eigenvalue weighted by Crippen LogP contribution is 2.24. The van der Waals surface area contributed by atoms with Crippen LogP contribution in [-0.4, -0.2) is 36.9 Å². The zero-order valence-electron chi connectivity index (χ0n) is 14.2. The summed E-state index contributed by atoms with van der Waals surface area (Å²) in [5.74, 6) is -0.140. The van der Waals surface area contributed by atoms with Gasteiger partial charge in [-0.05, 0) is 25.1 Å². The van der Waals surface area contributed by atoms with Crippen molar-refractivity contribution in [1.29, 1.82) is 0 Å². The summed E-state index contributed by atoms with van der Waals surface area (Å²) in [6.07, 6.45) is 0. The molecule has 0 aliphatic carbocycles. The van der Waals surface area contributed by atoms with Crippen molar-refractivity contribution in [2.75, 3.05) is 13.1 Å². The highest BCUT2D eigenvalue weighted by molar-refractivity contribution is 7.89. The van der Waals surface area contributed by atoms with E-state index in [4.69, 9.17) is 20.9 Å². The molecule has 7 nitrogen and oxygen atoms in total. The second kappa shape index (κ2) is 7.99. The van der Waals surface area contributed by atoms with E-state index < -0.39 is 16.0 Å². The summed E-state index contributed by atoms with van der Waals surface area (Å²) in [7, 11) is -3.70. The third kappa shape index (κ3) is 4.39. The van der Waals surface area contributed by atoms with Crippen LogP contribution in [0.1, 0.15) is 35.7 Å². The summed E-state index contributed by atoms with van der Waals surface area (Å²) in [4.78, 5) is 12.3. The molecule has 2 rings (SSSR count). The quantitative estimate of drug-likeness (QED) is 0.679. The molecule has 9 heteroatoms. The van der Waals surface area contributed by atoms with Gasteiger partial charge in [0.25, 0.3) is 0 Å². The number of carbonyl (C=O) groups excluding carboxylic acids is 1. The lowest BCUT2D eigenvalue weighted by atomic mass is 10.2. The molecule has 0 spiro atoms. The van der Waals surface area contributed by atoms with Gasteiger partial charge in [0.2, 0.25) is 10.0 Å². The van der Waals surface area contributed by atoms with Gasteiger partial charge in [0.15, 0.2) is 0 Å². The van der Waals surface area contributed by atoms with E-state index in [2.05, 4.69) is 5.16 Å². The van der Waals surface area contributed by atoms with Crippen LogP contribution in [0.3, 0.4) is 0 Å². The first kappa shape index (κ1) is 19.4. The maximum atomic E-state index is 12.6. The highest BCUT2D eigenvalue weighted by atomic mass is 35.5. The first-order valence-electron chi connectivity index (χ1n) is 7.68. The van der Waals surface area contributed by atoms with Gasteiger partial charge in [0.1, 0.15) is 18.1 Å². The predicted molar refractivity (Wildman–Crippen MR) is 91.9 cm³/mol. The molecule has 1 aromatic heterocycles. The van der Waals surface area contributed by atoms with Crippen molar-refractivity contribution in [1.82, 2.24) is 9.46 Å². The molecule has 0 saturated heterocycles. The van der Waals surface area contributed by atoms with Crippen molar-refractivity contribution in [3.8, 4) is 0 Å². The SMILES string of the molecule is CCN(CC)S(=O)(=O)c1ccc(Cl)c(C(=O)OCc2cc(C)on2)c1. The number of aryl methyl sites for hydroxylation is 1. The minimum Gasteiger partial charge on any atom is -0.455 e. The molecular weight excluding hydrogens is 368 g/mol. The van der Waals surface area contributed by atoms with Gasteiger partial charge in [0, 0.05) is 19.2 Å². The number of nitrogens with zero attached hydrogens (tertiary/aromatic N) is 2. The molecule has 0 aliphatic rings. The molecule has 0 atom stereocenters. The Morgan fingerprint density at radius 2 is 1.96 bits per heavy atom. The molecule has 25 heavy (non-hydrogen) atoms. The van der Waals surface area contributed by atoms with Crippen LogP contribution >= 0.6 is 11.6 Å². The van der Waals surface area contributed by atoms with Crippen LogP contribution in [0, 0.1) is 6.92 Å². The fourth-order valence-corrected chi connectivity index (χ4v) is 3.92. The molecule has 1 aromatic carbocycles. The number of esters is 1. The van der Waals surface area contributed by atoms with Gasteiger partial charge in [-0.2, -0.15) is 4.31 Å². The molecule has 0 aliphatic heterocycles. The highest BCUT2D eigenvalue weighted by Gasteiger charge is 2.24. The summed E-state index contributed by atoms with van der Waals surface area (Å²) < 4.78 is 36.5. The normalized spacial score (nSPS) is 11.7. The van der Waals surface area contributed by atoms with Crippen molar-refractivity contribution >= 4 is 27.6 Å². The first-order valence-corrected chi connectivity index (χ1v) is 9.50. The van der Waals surface area contributed by atoms with Crippen molar-refractivity contribution in [3.05, 3.63) is 46.3 Å². The minimum atomic E-state index is -3.70. The van der Waals surface area contributed by atoms with E-state index in [1.54, 1.807) is 26.8 Å². The Labute approximate surface area is 151 Å². The van der Waals surface area contributed by atoms with E-state index in [9.17, 15) is 13.2 Å². The number of ether oxygens (including phenoxy) is 1. The predicted octanol–water partition coefficient (Wildman–Crippen LogP) is 3.02. The molecular formula is C16H19ClN2O5S. The molecule has 0 unspecified atom stereocenters. The number of benzene rings is 1. The van der Waals surface area contributed by atoms with Crippen molar-refractivity contribution in [2.45, 2.75) is 32.3 Å². The molecule has 1 heterocycles. The van der Waals surface area contributed by atoms with Gasteiger partial charge in [-0.15, -0.1) is 0 Å². The Bertz CT molecular complexity index is 859. The topological polar surface area (TPSA) is 89.7 Å². The summed E-state index contributed by atoms with van der Waals surface area (Å²) in [6.45, 7) is 5.76. The number of hydrogen-bond acceptors (Lipinski definition) is 6. The van der Waals surface area contributed by atoms with E-state index in [1.165, 1.54) is 22.5 Å². The fraction of sp³-hybridized carbons (Fsp3) is 0.375. The summed E-state index contributed by atoms with van der Waals surface area (Å²) in [5, 5.41) is 3.83. The first-order chi connectivity index (χ1) is 11.8. The number of carbonyl (C=O) groups is 1. The van der Waals surface area contributed by atoms with E-state index in [-0.39, 0.29) is 22.1 Å². The fourth-order valence-electron chi connectivity index (χ4n) is 2.24. The molecule has 0 bridgehead atoms. The van der Waals surface area contributed by atoms with E-state index in [0.717, 1.165) is 0 Å². The van der Waals surface area contributed by atoms with Gasteiger partial charge >= 0.3 is 5.97 Å². The third-order valence-electron chi connectivity index (χ3n) is 3.53. The maximum Gasteiger partial charge on any atom is 0.340 e. The van der Waals surface area contributed by atoms with Crippen LogP contribution in [0.15, 0.2) is 33.7 Å². The summed E-state index contributed by atoms with van der Waals surface area (Å²) >= 11 is 6.03. The Hall–Kier alpha value is -1.90.